The van der Waals surface area contributed by atoms with E-state index in [2.05, 4.69) is 0 Å². The first-order chi connectivity index (χ1) is 10.6. The predicted octanol–water partition coefficient (Wildman–Crippen LogP) is -12.8. The Morgan fingerprint density at radius 3 is 1.92 bits per heavy atom. The number of aliphatic carboxylic acids is 1. The molecule has 0 saturated heterocycles. The summed E-state index contributed by atoms with van der Waals surface area (Å²) < 4.78 is 0. The van der Waals surface area contributed by atoms with E-state index in [1.807, 2.05) is 62.9 Å². The summed E-state index contributed by atoms with van der Waals surface area (Å²) in [5.74, 6) is 0.438. The van der Waals surface area contributed by atoms with Crippen LogP contribution in [-0.4, -0.2) is 107 Å². The molecule has 0 atom stereocenters. The minimum Gasteiger partial charge on any atom is -1.00 e. The zero-order chi connectivity index (χ0) is 16.3. The molecule has 19 heteroatoms. The van der Waals surface area contributed by atoms with Crippen LogP contribution >= 0.6 is 11.6 Å². The largest absolute Gasteiger partial charge is 1.00 e. The molecular formula is C6H13B12NNa3O2S. The summed E-state index contributed by atoms with van der Waals surface area (Å²) in [6, 6.07) is 0. The van der Waals surface area contributed by atoms with Gasteiger partial charge in [0, 0.05) is 78.3 Å². The molecule has 0 unspecified atom stereocenters. The van der Waals surface area contributed by atoms with Crippen LogP contribution in [0.4, 0.5) is 0 Å². The number of carboxylic acids is 1. The fourth-order valence-corrected chi connectivity index (χ4v) is 2.89. The van der Waals surface area contributed by atoms with Gasteiger partial charge in [0.1, 0.15) is 12.0 Å². The maximum atomic E-state index is 10.8. The number of carbonyl (C=O) groups is 1. The van der Waals surface area contributed by atoms with Crippen LogP contribution in [-0.2, 0) is 4.79 Å². The molecule has 0 heterocycles. The standard InChI is InChI=1S/C6H10B12NO2S.3Na.3H/c7-8-9-10-11-12-13-14-15-16-17-18-22-3-4-1-6(19,2-4)5(20)21;;;;;;/h4H,1-3,19H2,(H,20,21);;;;;;/q;3*+1;3*-1. The molecule has 0 aliphatic heterocycles. The molecule has 0 aromatic rings. The predicted molar refractivity (Wildman–Crippen MR) is 112 cm³/mol. The Morgan fingerprint density at radius 1 is 1.04 bits per heavy atom. The zero-order valence-electron chi connectivity index (χ0n) is 18.5. The van der Waals surface area contributed by atoms with Gasteiger partial charge in [-0.2, -0.15) is 0 Å². The first-order valence-electron chi connectivity index (χ1n) is 7.09. The van der Waals surface area contributed by atoms with E-state index < -0.39 is 11.5 Å². The average molecular weight is 362 g/mol. The number of nitrogens with two attached hydrogens (primary N) is 1. The van der Waals surface area contributed by atoms with Crippen molar-refractivity contribution in [1.29, 1.82) is 0 Å². The smallest absolute Gasteiger partial charge is 1.00 e. The first kappa shape index (κ1) is 33.2. The third kappa shape index (κ3) is 16.0. The second-order valence-electron chi connectivity index (χ2n) is 5.13. The molecule has 0 aromatic heterocycles. The fraction of sp³-hybridized carbons (Fsp3) is 0.833. The Bertz CT molecular complexity index is 347. The molecule has 1 aliphatic rings. The molecule has 99 valence electrons. The molecule has 1 saturated carbocycles. The normalized spacial score (nSPS) is 19.5. The summed E-state index contributed by atoms with van der Waals surface area (Å²) in [4.78, 5) is 10.8. The fourth-order valence-electron chi connectivity index (χ4n) is 2.07. The van der Waals surface area contributed by atoms with Gasteiger partial charge in [-0.3, -0.25) is 4.79 Å². The van der Waals surface area contributed by atoms with Crippen molar-refractivity contribution in [1.82, 2.24) is 0 Å². The molecule has 0 amide bonds. The van der Waals surface area contributed by atoms with Gasteiger partial charge in [0.25, 0.3) is 0 Å². The quantitative estimate of drug-likeness (QED) is 0.238. The molecule has 0 aromatic carbocycles. The van der Waals surface area contributed by atoms with Crippen LogP contribution in [0.15, 0.2) is 0 Å². The van der Waals surface area contributed by atoms with Gasteiger partial charge >= 0.3 is 94.6 Å². The van der Waals surface area contributed by atoms with E-state index >= 15 is 0 Å². The third-order valence-electron chi connectivity index (χ3n) is 3.24. The van der Waals surface area contributed by atoms with Crippen LogP contribution in [0.25, 0.3) is 0 Å². The topological polar surface area (TPSA) is 63.3 Å². The van der Waals surface area contributed by atoms with Gasteiger partial charge < -0.3 is 15.1 Å². The SMILES string of the molecule is [B][B][B][B][B][B][B][B][B][B][B][B]SCC1CC(N)(C(=O)O)C1.[H-].[H-].[H-].[Na+].[Na+].[Na+]. The van der Waals surface area contributed by atoms with Gasteiger partial charge in [0.2, 0.25) is 0 Å². The van der Waals surface area contributed by atoms with Gasteiger partial charge in [-0.05, 0) is 24.5 Å². The van der Waals surface area contributed by atoms with Crippen molar-refractivity contribution in [3.63, 3.8) is 0 Å². The van der Waals surface area contributed by atoms with E-state index in [0.717, 1.165) is 5.75 Å². The van der Waals surface area contributed by atoms with Gasteiger partial charge in [0.15, 0.2) is 0 Å². The number of carboxylic acid groups (broad SMARTS) is 1. The minimum atomic E-state index is -0.982. The van der Waals surface area contributed by atoms with Crippen molar-refractivity contribution >= 4 is 102 Å². The van der Waals surface area contributed by atoms with Gasteiger partial charge in [0.05, 0.1) is 0 Å². The summed E-state index contributed by atoms with van der Waals surface area (Å²) in [6.07, 6.45) is 3.16. The summed E-state index contributed by atoms with van der Waals surface area (Å²) >= 11 is 1.68. The molecule has 3 N–H and O–H groups in total. The average Bonchev–Trinajstić information content (AvgIpc) is 2.45. The van der Waals surface area contributed by atoms with Gasteiger partial charge in [-0.1, -0.05) is 0 Å². The second-order valence-corrected chi connectivity index (χ2v) is 6.07. The molecule has 1 fully saturated rings. The van der Waals surface area contributed by atoms with Crippen molar-refractivity contribution in [2.45, 2.75) is 18.4 Å². The van der Waals surface area contributed by atoms with Crippen molar-refractivity contribution in [2.24, 2.45) is 11.7 Å². The summed E-state index contributed by atoms with van der Waals surface area (Å²) in [6.45, 7) is 0. The van der Waals surface area contributed by atoms with E-state index in [0.29, 0.717) is 18.8 Å². The number of hydrogen-bond acceptors (Lipinski definition) is 3. The van der Waals surface area contributed by atoms with Gasteiger partial charge in [-0.15, -0.1) is 0 Å². The van der Waals surface area contributed by atoms with Crippen molar-refractivity contribution in [2.75, 3.05) is 5.75 Å². The molecule has 25 heavy (non-hydrogen) atoms. The van der Waals surface area contributed by atoms with Crippen molar-refractivity contribution in [3.05, 3.63) is 0 Å². The van der Waals surface area contributed by atoms with Crippen molar-refractivity contribution in [3.8, 4) is 0 Å². The monoisotopic (exact) mass is 364 g/mol. The van der Waals surface area contributed by atoms with Crippen LogP contribution < -0.4 is 94.4 Å². The Balaban J connectivity index is -0.000000202. The van der Waals surface area contributed by atoms with E-state index in [-0.39, 0.29) is 93.0 Å². The Morgan fingerprint density at radius 2 is 1.48 bits per heavy atom. The van der Waals surface area contributed by atoms with E-state index in [1.165, 1.54) is 7.06 Å². The van der Waals surface area contributed by atoms with Crippen LogP contribution in [0.5, 0.6) is 0 Å². The van der Waals surface area contributed by atoms with Crippen LogP contribution in [0, 0.1) is 5.92 Å². The number of hydrogen-bond donors (Lipinski definition) is 2. The molecule has 1 rings (SSSR count). The van der Waals surface area contributed by atoms with Crippen LogP contribution in [0.2, 0.25) is 0 Å². The van der Waals surface area contributed by atoms with E-state index in [1.54, 1.807) is 18.7 Å². The third-order valence-corrected chi connectivity index (χ3v) is 4.25. The molecular weight excluding hydrogens is 349 g/mol. The summed E-state index contributed by atoms with van der Waals surface area (Å²) in [7, 11) is 23.8. The van der Waals surface area contributed by atoms with E-state index in [9.17, 15) is 4.79 Å². The first-order valence-corrected chi connectivity index (χ1v) is 8.14. The zero-order valence-corrected chi connectivity index (χ0v) is 22.3. The maximum Gasteiger partial charge on any atom is 1.00 e. The molecule has 13 radical (unpaired) electrons. The van der Waals surface area contributed by atoms with Crippen molar-refractivity contribution < 1.29 is 103 Å². The molecule has 0 bridgehead atoms. The minimum absolute atomic E-state index is 0. The molecule has 1 aliphatic carbocycles. The Kier molecular flexibility index (Phi) is 27.6. The van der Waals surface area contributed by atoms with E-state index in [4.69, 9.17) is 18.6 Å². The van der Waals surface area contributed by atoms with Crippen LogP contribution in [0.1, 0.15) is 17.1 Å². The maximum absolute atomic E-state index is 10.8. The summed E-state index contributed by atoms with van der Waals surface area (Å²) in [5.41, 5.74) is 4.73. The second kappa shape index (κ2) is 20.8. The Hall–Kier alpha value is 3.56. The molecule has 0 spiro atoms. The Labute approximate surface area is 237 Å². The number of rotatable bonds is 14. The van der Waals surface area contributed by atoms with Crippen LogP contribution in [0.3, 0.4) is 0 Å². The summed E-state index contributed by atoms with van der Waals surface area (Å²) in [5, 5.41) is 8.91. The molecule has 3 nitrogen and oxygen atoms in total. The van der Waals surface area contributed by atoms with Gasteiger partial charge in [-0.25, -0.2) is 11.6 Å².